The van der Waals surface area contributed by atoms with Crippen LogP contribution in [0.3, 0.4) is 0 Å². The zero-order valence-electron chi connectivity index (χ0n) is 48.5. The number of hydrogen-bond donors (Lipinski definition) is 14. The zero-order valence-corrected chi connectivity index (χ0v) is 48.5. The third-order valence-electron chi connectivity index (χ3n) is 15.1. The largest absolute Gasteiger partial charge is 0.508 e. The van der Waals surface area contributed by atoms with Gasteiger partial charge in [0, 0.05) is 32.5 Å². The average Bonchev–Trinajstić information content (AvgIpc) is 3.80. The molecule has 10 amide bonds. The van der Waals surface area contributed by atoms with Crippen LogP contribution >= 0.6 is 0 Å². The van der Waals surface area contributed by atoms with E-state index >= 15 is 0 Å². The molecule has 3 saturated heterocycles. The number of nitrogens with two attached hydrogens (primary N) is 4. The molecule has 0 unspecified atom stereocenters. The molecule has 0 aromatic heterocycles. The number of guanidine groups is 1. The van der Waals surface area contributed by atoms with E-state index in [9.17, 15) is 58.2 Å². The van der Waals surface area contributed by atoms with Gasteiger partial charge in [0.1, 0.15) is 71.9 Å². The molecule has 0 radical (unpaired) electrons. The van der Waals surface area contributed by atoms with E-state index in [0.717, 1.165) is 0 Å². The molecule has 0 spiro atoms. The number of unbranched alkanes of at least 4 members (excludes halogenated alkanes) is 2. The molecule has 2 aromatic carbocycles. The SMILES string of the molecule is CC(C)[C@@H]1NC(=O)[C@H](C)NC(=O)[C@H](Cc2ccc(O)cc2)NC(=O)[C@@H]2CCCN2C(=O)[C@H]2CCCN2C(=O)[C@H](Cc2ccc(O)cc2)NC(=O)[C@H](C)NC(=O)[C@H](CCCCN)NC(=O)[C@H](CCCCN)NC(=O)[C@H](CCCN=C(N)N)NC1=O. The van der Waals surface area contributed by atoms with E-state index in [1.807, 2.05) is 0 Å². The summed E-state index contributed by atoms with van der Waals surface area (Å²) in [5.41, 5.74) is 23.8. The van der Waals surface area contributed by atoms with Crippen LogP contribution in [-0.2, 0) is 60.8 Å². The summed E-state index contributed by atoms with van der Waals surface area (Å²) in [7, 11) is 0. The highest BCUT2D eigenvalue weighted by Crippen LogP contribution is 2.27. The first-order chi connectivity index (χ1) is 40.0. The van der Waals surface area contributed by atoms with Gasteiger partial charge in [-0.2, -0.15) is 0 Å². The number of nitrogens with one attached hydrogen (secondary N) is 8. The molecule has 3 aliphatic heterocycles. The number of fused-ring (bicyclic) bond motifs is 2. The lowest BCUT2D eigenvalue weighted by atomic mass is 10.0. The van der Waals surface area contributed by atoms with Gasteiger partial charge in [0.2, 0.25) is 59.1 Å². The molecular formula is C57H87N15O12. The van der Waals surface area contributed by atoms with E-state index in [1.165, 1.54) is 47.9 Å². The van der Waals surface area contributed by atoms with Crippen LogP contribution in [0.15, 0.2) is 53.5 Å². The number of carbonyl (C=O) groups excluding carboxylic acids is 10. The van der Waals surface area contributed by atoms with E-state index in [0.29, 0.717) is 49.7 Å². The van der Waals surface area contributed by atoms with Gasteiger partial charge < -0.3 is 85.5 Å². The number of aromatic hydroxyl groups is 2. The van der Waals surface area contributed by atoms with Crippen LogP contribution in [0, 0.1) is 5.92 Å². The Morgan fingerprint density at radius 2 is 0.905 bits per heavy atom. The van der Waals surface area contributed by atoms with Gasteiger partial charge in [-0.05, 0) is 145 Å². The highest BCUT2D eigenvalue weighted by molar-refractivity contribution is 6.00. The predicted octanol–water partition coefficient (Wildman–Crippen LogP) is -2.24. The maximum atomic E-state index is 14.9. The topological polar surface area (TPSA) is 430 Å². The zero-order chi connectivity index (χ0) is 61.6. The van der Waals surface area contributed by atoms with Gasteiger partial charge in [-0.1, -0.05) is 38.1 Å². The number of phenolic OH excluding ortho intramolecular Hbond substituents is 2. The molecule has 0 aliphatic carbocycles. The number of aliphatic imine (C=N–C) groups is 1. The summed E-state index contributed by atoms with van der Waals surface area (Å²) < 4.78 is 0. The monoisotopic (exact) mass is 1170 g/mol. The second kappa shape index (κ2) is 32.7. The Hall–Kier alpha value is -8.07. The van der Waals surface area contributed by atoms with Gasteiger partial charge in [-0.25, -0.2) is 0 Å². The van der Waals surface area contributed by atoms with Crippen LogP contribution in [0.2, 0.25) is 0 Å². The van der Waals surface area contributed by atoms with Gasteiger partial charge in [0.15, 0.2) is 5.96 Å². The summed E-state index contributed by atoms with van der Waals surface area (Å²) >= 11 is 0. The van der Waals surface area contributed by atoms with Crippen molar-refractivity contribution in [1.29, 1.82) is 0 Å². The highest BCUT2D eigenvalue weighted by Gasteiger charge is 2.45. The van der Waals surface area contributed by atoms with Gasteiger partial charge >= 0.3 is 0 Å². The summed E-state index contributed by atoms with van der Waals surface area (Å²) in [6.45, 7) is 6.91. The number of benzene rings is 2. The van der Waals surface area contributed by atoms with Crippen molar-refractivity contribution >= 4 is 65.0 Å². The Morgan fingerprint density at radius 1 is 0.500 bits per heavy atom. The van der Waals surface area contributed by atoms with Crippen LogP contribution in [-0.4, -0.2) is 178 Å². The molecule has 18 N–H and O–H groups in total. The summed E-state index contributed by atoms with van der Waals surface area (Å²) in [6.07, 6.45) is 2.88. The maximum Gasteiger partial charge on any atom is 0.246 e. The molecular weight excluding hydrogens is 1090 g/mol. The first-order valence-corrected chi connectivity index (χ1v) is 29.1. The Balaban J connectivity index is 1.55. The van der Waals surface area contributed by atoms with Crippen LogP contribution in [0.4, 0.5) is 0 Å². The van der Waals surface area contributed by atoms with Crippen molar-refractivity contribution in [1.82, 2.24) is 52.3 Å². The molecule has 3 fully saturated rings. The number of nitrogens with zero attached hydrogens (tertiary/aromatic N) is 3. The Bertz CT molecular complexity index is 2640. The molecule has 0 bridgehead atoms. The summed E-state index contributed by atoms with van der Waals surface area (Å²) in [6, 6.07) is -0.739. The molecule has 462 valence electrons. The fourth-order valence-electron chi connectivity index (χ4n) is 10.4. The summed E-state index contributed by atoms with van der Waals surface area (Å²) in [4.78, 5) is 151. The van der Waals surface area contributed by atoms with Gasteiger partial charge in [-0.3, -0.25) is 52.9 Å². The number of carbonyl (C=O) groups is 10. The minimum absolute atomic E-state index is 0.0449. The average molecular weight is 1170 g/mol. The second-order valence-electron chi connectivity index (χ2n) is 22.1. The van der Waals surface area contributed by atoms with E-state index < -0.39 is 125 Å². The first-order valence-electron chi connectivity index (χ1n) is 29.1. The van der Waals surface area contributed by atoms with Crippen LogP contribution in [0.25, 0.3) is 0 Å². The van der Waals surface area contributed by atoms with Crippen molar-refractivity contribution in [3.63, 3.8) is 0 Å². The Labute approximate surface area is 489 Å². The minimum Gasteiger partial charge on any atom is -0.508 e. The fraction of sp³-hybridized carbons (Fsp3) is 0.596. The number of rotatable bonds is 17. The number of phenols is 2. The van der Waals surface area contributed by atoms with Gasteiger partial charge in [0.05, 0.1) is 0 Å². The molecule has 5 rings (SSSR count). The van der Waals surface area contributed by atoms with Crippen molar-refractivity contribution in [2.45, 2.75) is 178 Å². The van der Waals surface area contributed by atoms with E-state index in [2.05, 4.69) is 47.5 Å². The van der Waals surface area contributed by atoms with Crippen molar-refractivity contribution in [2.75, 3.05) is 32.7 Å². The predicted molar refractivity (Wildman–Crippen MR) is 310 cm³/mol. The fourth-order valence-corrected chi connectivity index (χ4v) is 10.4. The molecule has 84 heavy (non-hydrogen) atoms. The Morgan fingerprint density at radius 3 is 1.39 bits per heavy atom. The van der Waals surface area contributed by atoms with Crippen LogP contribution < -0.4 is 65.5 Å². The first kappa shape index (κ1) is 66.7. The number of hydrogen-bond acceptors (Lipinski definition) is 15. The van der Waals surface area contributed by atoms with Crippen molar-refractivity contribution in [2.24, 2.45) is 33.8 Å². The molecule has 3 heterocycles. The van der Waals surface area contributed by atoms with Gasteiger partial charge in [0.25, 0.3) is 0 Å². The molecule has 27 heteroatoms. The second-order valence-corrected chi connectivity index (χ2v) is 22.1. The lowest BCUT2D eigenvalue weighted by molar-refractivity contribution is -0.148. The van der Waals surface area contributed by atoms with E-state index in [-0.39, 0.29) is 102 Å². The Kier molecular flexibility index (Phi) is 26.0. The van der Waals surface area contributed by atoms with E-state index in [4.69, 9.17) is 22.9 Å². The third-order valence-corrected chi connectivity index (χ3v) is 15.1. The molecule has 2 aromatic rings. The quantitative estimate of drug-likeness (QED) is 0.0453. The number of amides is 10. The molecule has 10 atom stereocenters. The van der Waals surface area contributed by atoms with Crippen molar-refractivity contribution in [3.8, 4) is 11.5 Å². The van der Waals surface area contributed by atoms with Crippen LogP contribution in [0.1, 0.15) is 116 Å². The highest BCUT2D eigenvalue weighted by atomic mass is 16.3. The smallest absolute Gasteiger partial charge is 0.246 e. The summed E-state index contributed by atoms with van der Waals surface area (Å²) in [5.74, 6) is -8.24. The maximum absolute atomic E-state index is 14.9. The lowest BCUT2D eigenvalue weighted by Gasteiger charge is -2.33. The third kappa shape index (κ3) is 19.8. The molecule has 27 nitrogen and oxygen atoms in total. The van der Waals surface area contributed by atoms with Crippen molar-refractivity contribution < 1.29 is 58.2 Å². The standard InChI is InChI=1S/C57H87N15O12/c1-32(2)46-54(82)67-41(14-9-27-62-57(60)61)51(79)66-40(13-6-8-26-59)50(78)65-39(12-5-7-25-58)49(77)63-33(3)47(75)69-43(31-36-19-23-38(74)24-20-36)55(83)72-29-11-16-45(72)56(84)71-28-10-15-44(71)53(81)68-42(30-35-17-21-37(73)22-18-35)52(80)64-34(4)48(76)70-46/h17-24,32-34,39-46,73-74H,5-16,25-31,58-59H2,1-4H3,(H,63,77)(H,64,80)(H,65,78)(H,66,79)(H,67,82)(H,68,81)(H,69,75)(H,70,76)(H4,60,61,62)/t33-,34-,39-,40-,41-,42-,43-,44-,45+,46-/m0/s1. The van der Waals surface area contributed by atoms with E-state index in [1.54, 1.807) is 38.1 Å². The normalized spacial score (nSPS) is 25.9. The molecule has 3 aliphatic rings. The van der Waals surface area contributed by atoms with Gasteiger partial charge in [-0.15, -0.1) is 0 Å². The summed E-state index contributed by atoms with van der Waals surface area (Å²) in [5, 5.41) is 41.8. The van der Waals surface area contributed by atoms with Crippen molar-refractivity contribution in [3.05, 3.63) is 59.7 Å². The lowest BCUT2D eigenvalue weighted by Crippen LogP contribution is -2.61. The minimum atomic E-state index is -1.35. The molecule has 0 saturated carbocycles. The van der Waals surface area contributed by atoms with Crippen LogP contribution in [0.5, 0.6) is 11.5 Å².